The number of allylic oxidation sites excluding steroid dienone is 2. The molecule has 0 spiro atoms. The van der Waals surface area contributed by atoms with Crippen LogP contribution in [0.1, 0.15) is 0 Å². The van der Waals surface area contributed by atoms with E-state index in [0.717, 1.165) is 5.57 Å². The Morgan fingerprint density at radius 2 is 1.67 bits per heavy atom. The molecular weight excluding hydrogens is 84.4 g/mol. The second-order valence-corrected chi connectivity index (χ2v) is 0.862. The first-order valence-corrected chi connectivity index (χ1v) is 1.40. The maximum Gasteiger partial charge on any atom is 0.316 e. The van der Waals surface area contributed by atoms with Crippen molar-refractivity contribution in [2.45, 2.75) is 0 Å². The largest absolute Gasteiger partial charge is 0.316 e. The van der Waals surface area contributed by atoms with Crippen molar-refractivity contribution < 1.29 is 0 Å². The Balaban J connectivity index is 0. The summed E-state index contributed by atoms with van der Waals surface area (Å²) in [7, 11) is 0. The molecule has 0 aromatic carbocycles. The Labute approximate surface area is 55.1 Å². The molecule has 0 aromatic heterocycles. The molecule has 0 aliphatic rings. The number of hydrogen-bond acceptors (Lipinski definition) is 0. The highest BCUT2D eigenvalue weighted by atomic mass is 24.3. The van der Waals surface area contributed by atoms with Crippen LogP contribution in [0.4, 0.5) is 0 Å². The van der Waals surface area contributed by atoms with Crippen molar-refractivity contribution in [2.24, 2.45) is 0 Å². The predicted molar refractivity (Wildman–Crippen MR) is 33.2 cm³/mol. The molecule has 0 bridgehead atoms. The van der Waals surface area contributed by atoms with Gasteiger partial charge in [-0.15, -0.1) is 0 Å². The van der Waals surface area contributed by atoms with Gasteiger partial charge in [0, 0.05) is 0 Å². The summed E-state index contributed by atoms with van der Waals surface area (Å²) in [5.74, 6) is 0. The van der Waals surface area contributed by atoms with Gasteiger partial charge in [0.2, 0.25) is 0 Å². The third kappa shape index (κ3) is 8.87. The minimum absolute atomic E-state index is 0. The molecule has 0 aliphatic heterocycles. The summed E-state index contributed by atoms with van der Waals surface area (Å²) in [5.41, 5.74) is 0.769. The van der Waals surface area contributed by atoms with Crippen LogP contribution < -0.4 is 0 Å². The second kappa shape index (κ2) is 5.25. The van der Waals surface area contributed by atoms with Crippen molar-refractivity contribution in [3.63, 3.8) is 0 Å². The summed E-state index contributed by atoms with van der Waals surface area (Å²) in [6.45, 7) is 10.3. The van der Waals surface area contributed by atoms with Gasteiger partial charge < -0.3 is 0 Å². The fourth-order valence-corrected chi connectivity index (χ4v) is 0. The Morgan fingerprint density at radius 1 is 1.50 bits per heavy atom. The predicted octanol–water partition coefficient (Wildman–Crippen LogP) is 0.646. The van der Waals surface area contributed by atoms with Gasteiger partial charge in [-0.25, -0.2) is 0 Å². The molecular formula is C5H9Mg. The third-order valence-electron chi connectivity index (χ3n) is 0.289. The van der Waals surface area contributed by atoms with Gasteiger partial charge in [-0.3, -0.25) is 0 Å². The highest BCUT2D eigenvalue weighted by Gasteiger charge is 1.59. The van der Waals surface area contributed by atoms with Crippen molar-refractivity contribution >= 4 is 23.1 Å². The van der Waals surface area contributed by atoms with Gasteiger partial charge in [-0.1, -0.05) is 24.8 Å². The molecule has 6 heavy (non-hydrogen) atoms. The van der Waals surface area contributed by atoms with E-state index in [1.165, 1.54) is 0 Å². The first-order chi connectivity index (χ1) is 2.27. The lowest BCUT2D eigenvalue weighted by Crippen LogP contribution is -1.51. The van der Waals surface area contributed by atoms with Crippen LogP contribution in [0.25, 0.3) is 0 Å². The Bertz CT molecular complexity index is 55.0. The molecule has 0 unspecified atom stereocenters. The van der Waals surface area contributed by atoms with Crippen LogP contribution >= 0.6 is 0 Å². The minimum atomic E-state index is 0. The smallest absolute Gasteiger partial charge is 0.0988 e. The van der Waals surface area contributed by atoms with E-state index in [9.17, 15) is 0 Å². The van der Waals surface area contributed by atoms with Gasteiger partial charge in [-0.05, 0) is 6.92 Å². The van der Waals surface area contributed by atoms with Gasteiger partial charge in [-0.2, -0.15) is 0 Å². The lowest BCUT2D eigenvalue weighted by Gasteiger charge is -1.71. The minimum Gasteiger partial charge on any atom is -0.0988 e. The topological polar surface area (TPSA) is 0 Å². The highest BCUT2D eigenvalue weighted by molar-refractivity contribution is 5.75. The number of hydrogen-bond donors (Lipinski definition) is 0. The molecule has 0 heterocycles. The molecule has 0 N–H and O–H groups in total. The summed E-state index contributed by atoms with van der Waals surface area (Å²) in [5, 5.41) is 0. The van der Waals surface area contributed by atoms with Crippen molar-refractivity contribution in [3.05, 3.63) is 31.7 Å². The molecule has 0 atom stereocenters. The van der Waals surface area contributed by atoms with Crippen molar-refractivity contribution in [2.75, 3.05) is 0 Å². The average Bonchev–Trinajstić information content (AvgIpc) is 1.38. The highest BCUT2D eigenvalue weighted by Crippen LogP contribution is 1.80. The molecule has 1 heteroatoms. The molecule has 1 radical (unpaired) electrons. The SMILES string of the molecule is [CH2]C(=C)C=C.[MgH2]. The molecule has 0 aliphatic carbocycles. The van der Waals surface area contributed by atoms with E-state index < -0.39 is 0 Å². The van der Waals surface area contributed by atoms with Crippen LogP contribution in [0.5, 0.6) is 0 Å². The van der Waals surface area contributed by atoms with E-state index >= 15 is 0 Å². The molecule has 0 nitrogen and oxygen atoms in total. The van der Waals surface area contributed by atoms with Gasteiger partial charge in [0.25, 0.3) is 0 Å². The Kier molecular flexibility index (Phi) is 8.34. The van der Waals surface area contributed by atoms with Crippen LogP contribution in [0.3, 0.4) is 0 Å². The Morgan fingerprint density at radius 3 is 1.67 bits per heavy atom. The van der Waals surface area contributed by atoms with E-state index in [1.807, 2.05) is 0 Å². The van der Waals surface area contributed by atoms with Gasteiger partial charge >= 0.3 is 23.1 Å². The van der Waals surface area contributed by atoms with Crippen LogP contribution in [0.15, 0.2) is 24.8 Å². The standard InChI is InChI=1S/C5H7.Mg.2H/c1-4-5(2)3;;;/h4H,1-3H2;;;. The summed E-state index contributed by atoms with van der Waals surface area (Å²) >= 11 is 0. The molecule has 0 fully saturated rings. The molecule has 31 valence electrons. The second-order valence-electron chi connectivity index (χ2n) is 0.862. The monoisotopic (exact) mass is 93.1 g/mol. The molecule has 0 saturated heterocycles. The molecule has 0 rings (SSSR count). The summed E-state index contributed by atoms with van der Waals surface area (Å²) in [6, 6.07) is 0. The van der Waals surface area contributed by atoms with E-state index in [0.29, 0.717) is 0 Å². The molecule has 0 saturated carbocycles. The van der Waals surface area contributed by atoms with Crippen molar-refractivity contribution in [1.29, 1.82) is 0 Å². The molecule has 0 aromatic rings. The lowest BCUT2D eigenvalue weighted by atomic mass is 10.4. The fraction of sp³-hybridized carbons (Fsp3) is 0. The quantitative estimate of drug-likeness (QED) is 0.330. The Hall–Kier alpha value is 0.246. The lowest BCUT2D eigenvalue weighted by molar-refractivity contribution is 1.81. The van der Waals surface area contributed by atoms with Gasteiger partial charge in [0.15, 0.2) is 0 Å². The normalized spacial score (nSPS) is 5.50. The van der Waals surface area contributed by atoms with Crippen LogP contribution in [-0.4, -0.2) is 23.1 Å². The first-order valence-electron chi connectivity index (χ1n) is 1.40. The van der Waals surface area contributed by atoms with Crippen LogP contribution in [-0.2, 0) is 0 Å². The van der Waals surface area contributed by atoms with Crippen LogP contribution in [0, 0.1) is 6.92 Å². The first kappa shape index (κ1) is 9.53. The zero-order valence-electron chi connectivity index (χ0n) is 3.20. The van der Waals surface area contributed by atoms with E-state index in [1.54, 1.807) is 6.08 Å². The van der Waals surface area contributed by atoms with Gasteiger partial charge in [0.1, 0.15) is 0 Å². The van der Waals surface area contributed by atoms with E-state index in [4.69, 9.17) is 0 Å². The third-order valence-corrected chi connectivity index (χ3v) is 0.289. The van der Waals surface area contributed by atoms with Crippen molar-refractivity contribution in [3.8, 4) is 0 Å². The summed E-state index contributed by atoms with van der Waals surface area (Å²) < 4.78 is 0. The average molecular weight is 93.4 g/mol. The van der Waals surface area contributed by atoms with Crippen molar-refractivity contribution in [1.82, 2.24) is 0 Å². The summed E-state index contributed by atoms with van der Waals surface area (Å²) in [6.07, 6.45) is 1.61. The maximum atomic E-state index is 3.44. The van der Waals surface area contributed by atoms with E-state index in [2.05, 4.69) is 20.1 Å². The van der Waals surface area contributed by atoms with Gasteiger partial charge in [0.05, 0.1) is 0 Å². The van der Waals surface area contributed by atoms with Crippen LogP contribution in [0.2, 0.25) is 0 Å². The zero-order chi connectivity index (χ0) is 4.28. The molecule has 0 amide bonds. The van der Waals surface area contributed by atoms with E-state index in [-0.39, 0.29) is 23.1 Å². The maximum absolute atomic E-state index is 3.44. The summed E-state index contributed by atoms with van der Waals surface area (Å²) in [4.78, 5) is 0. The zero-order valence-corrected chi connectivity index (χ0v) is 3.20. The fourth-order valence-electron chi connectivity index (χ4n) is 0. The number of rotatable bonds is 1.